The zero-order valence-electron chi connectivity index (χ0n) is 12.7. The second-order valence-corrected chi connectivity index (χ2v) is 6.55. The molecule has 0 spiro atoms. The first-order valence-corrected chi connectivity index (χ1v) is 7.90. The third kappa shape index (κ3) is 4.43. The molecule has 3 rings (SSSR count). The molecule has 1 amide bonds. The second kappa shape index (κ2) is 7.42. The number of benzene rings is 1. The van der Waals surface area contributed by atoms with E-state index in [4.69, 9.17) is 0 Å². The quantitative estimate of drug-likeness (QED) is 0.873. The molecule has 1 aliphatic carbocycles. The maximum atomic E-state index is 12.9. The van der Waals surface area contributed by atoms with Gasteiger partial charge in [-0.25, -0.2) is 4.39 Å². The third-order valence-corrected chi connectivity index (χ3v) is 4.80. The number of carbonyl (C=O) groups excluding carboxylic acids is 1. The first-order chi connectivity index (χ1) is 10.2. The molecule has 2 fully saturated rings. The van der Waals surface area contributed by atoms with Crippen molar-refractivity contribution in [3.05, 3.63) is 35.6 Å². The van der Waals surface area contributed by atoms with E-state index in [1.165, 1.54) is 12.1 Å². The maximum Gasteiger partial charge on any atom is 0.223 e. The Morgan fingerprint density at radius 1 is 1.23 bits per heavy atom. The number of halogens is 2. The Balaban J connectivity index is 0.00000176. The van der Waals surface area contributed by atoms with Crippen LogP contribution in [0.1, 0.15) is 31.2 Å². The van der Waals surface area contributed by atoms with Crippen molar-refractivity contribution in [2.24, 2.45) is 11.3 Å². The van der Waals surface area contributed by atoms with E-state index < -0.39 is 0 Å². The van der Waals surface area contributed by atoms with Crippen LogP contribution >= 0.6 is 12.4 Å². The number of hydrogen-bond acceptors (Lipinski definition) is 2. The Hall–Kier alpha value is -1.13. The van der Waals surface area contributed by atoms with E-state index in [9.17, 15) is 9.18 Å². The molecule has 1 aromatic rings. The molecule has 1 saturated carbocycles. The van der Waals surface area contributed by atoms with Crippen molar-refractivity contribution in [2.75, 3.05) is 19.6 Å². The lowest BCUT2D eigenvalue weighted by molar-refractivity contribution is -0.126. The summed E-state index contributed by atoms with van der Waals surface area (Å²) in [4.78, 5) is 12.2. The molecule has 0 aromatic heterocycles. The van der Waals surface area contributed by atoms with Gasteiger partial charge in [-0.3, -0.25) is 4.79 Å². The first-order valence-electron chi connectivity index (χ1n) is 7.90. The standard InChI is InChI=1S/C17H23FN2O.ClH/c18-15-3-1-13(2-4-15)11-17(7-8-17)12-20-16(21)14-5-9-19-10-6-14;/h1-4,14,19H,5-12H2,(H,20,21);1H. The molecule has 0 atom stereocenters. The summed E-state index contributed by atoms with van der Waals surface area (Å²) in [5.41, 5.74) is 1.37. The van der Waals surface area contributed by atoms with Gasteiger partial charge in [-0.05, 0) is 68.3 Å². The van der Waals surface area contributed by atoms with E-state index in [-0.39, 0.29) is 35.5 Å². The molecule has 1 aromatic carbocycles. The van der Waals surface area contributed by atoms with Gasteiger partial charge in [-0.15, -0.1) is 12.4 Å². The average Bonchev–Trinajstić information content (AvgIpc) is 3.28. The largest absolute Gasteiger partial charge is 0.355 e. The van der Waals surface area contributed by atoms with E-state index in [1.807, 2.05) is 12.1 Å². The fraction of sp³-hybridized carbons (Fsp3) is 0.588. The lowest BCUT2D eigenvalue weighted by Gasteiger charge is -2.23. The summed E-state index contributed by atoms with van der Waals surface area (Å²) in [5, 5.41) is 6.43. The summed E-state index contributed by atoms with van der Waals surface area (Å²) in [6.07, 6.45) is 5.11. The third-order valence-electron chi connectivity index (χ3n) is 4.80. The van der Waals surface area contributed by atoms with Crippen LogP contribution in [0.4, 0.5) is 4.39 Å². The molecule has 1 saturated heterocycles. The number of hydrogen-bond donors (Lipinski definition) is 2. The smallest absolute Gasteiger partial charge is 0.223 e. The second-order valence-electron chi connectivity index (χ2n) is 6.55. The highest BCUT2D eigenvalue weighted by molar-refractivity contribution is 5.85. The minimum Gasteiger partial charge on any atom is -0.355 e. The van der Waals surface area contributed by atoms with E-state index in [0.717, 1.165) is 57.3 Å². The van der Waals surface area contributed by atoms with Crippen LogP contribution in [0.3, 0.4) is 0 Å². The van der Waals surface area contributed by atoms with E-state index >= 15 is 0 Å². The van der Waals surface area contributed by atoms with Gasteiger partial charge in [0, 0.05) is 12.5 Å². The molecule has 122 valence electrons. The molecule has 2 N–H and O–H groups in total. The van der Waals surface area contributed by atoms with Crippen molar-refractivity contribution >= 4 is 18.3 Å². The fourth-order valence-electron chi connectivity index (χ4n) is 3.13. The average molecular weight is 327 g/mol. The summed E-state index contributed by atoms with van der Waals surface area (Å²) in [6, 6.07) is 6.73. The van der Waals surface area contributed by atoms with Crippen LogP contribution in [-0.2, 0) is 11.2 Å². The topological polar surface area (TPSA) is 41.1 Å². The lowest BCUT2D eigenvalue weighted by Crippen LogP contribution is -2.40. The van der Waals surface area contributed by atoms with Gasteiger partial charge in [0.2, 0.25) is 5.91 Å². The van der Waals surface area contributed by atoms with Gasteiger partial charge in [0.25, 0.3) is 0 Å². The molecule has 3 nitrogen and oxygen atoms in total. The van der Waals surface area contributed by atoms with Crippen LogP contribution < -0.4 is 10.6 Å². The Morgan fingerprint density at radius 3 is 2.45 bits per heavy atom. The minimum atomic E-state index is -0.192. The van der Waals surface area contributed by atoms with Crippen molar-refractivity contribution in [3.8, 4) is 0 Å². The molecular weight excluding hydrogens is 303 g/mol. The summed E-state index contributed by atoms with van der Waals surface area (Å²) < 4.78 is 12.9. The van der Waals surface area contributed by atoms with Crippen LogP contribution in [0.2, 0.25) is 0 Å². The molecule has 0 radical (unpaired) electrons. The van der Waals surface area contributed by atoms with Crippen LogP contribution in [0, 0.1) is 17.2 Å². The Kier molecular flexibility index (Phi) is 5.81. The van der Waals surface area contributed by atoms with Gasteiger partial charge in [-0.2, -0.15) is 0 Å². The van der Waals surface area contributed by atoms with Crippen molar-refractivity contribution in [3.63, 3.8) is 0 Å². The molecule has 2 aliphatic rings. The van der Waals surface area contributed by atoms with Crippen LogP contribution in [0.25, 0.3) is 0 Å². The SMILES string of the molecule is Cl.O=C(NCC1(Cc2ccc(F)cc2)CC1)C1CCNCC1. The first kappa shape index (κ1) is 17.2. The van der Waals surface area contributed by atoms with Gasteiger partial charge in [0.15, 0.2) is 0 Å². The van der Waals surface area contributed by atoms with Gasteiger partial charge in [0.1, 0.15) is 5.82 Å². The molecule has 22 heavy (non-hydrogen) atoms. The fourth-order valence-corrected chi connectivity index (χ4v) is 3.13. The zero-order valence-corrected chi connectivity index (χ0v) is 13.6. The van der Waals surface area contributed by atoms with Crippen LogP contribution in [0.15, 0.2) is 24.3 Å². The summed E-state index contributed by atoms with van der Waals surface area (Å²) in [5.74, 6) is 0.192. The normalized spacial score (nSPS) is 20.0. The van der Waals surface area contributed by atoms with Crippen molar-refractivity contribution < 1.29 is 9.18 Å². The summed E-state index contributed by atoms with van der Waals surface area (Å²) >= 11 is 0. The molecular formula is C17H24ClFN2O. The highest BCUT2D eigenvalue weighted by atomic mass is 35.5. The van der Waals surface area contributed by atoms with Gasteiger partial charge in [-0.1, -0.05) is 12.1 Å². The van der Waals surface area contributed by atoms with E-state index in [1.54, 1.807) is 0 Å². The zero-order chi connectivity index (χ0) is 14.7. The Bertz CT molecular complexity index is 496. The molecule has 1 heterocycles. The lowest BCUT2D eigenvalue weighted by atomic mass is 9.94. The minimum absolute atomic E-state index is 0. The number of piperidine rings is 1. The molecule has 0 unspecified atom stereocenters. The number of rotatable bonds is 5. The number of nitrogens with one attached hydrogen (secondary N) is 2. The summed E-state index contributed by atoms with van der Waals surface area (Å²) in [6.45, 7) is 2.64. The van der Waals surface area contributed by atoms with Gasteiger partial charge < -0.3 is 10.6 Å². The van der Waals surface area contributed by atoms with Crippen molar-refractivity contribution in [2.45, 2.75) is 32.1 Å². The van der Waals surface area contributed by atoms with Gasteiger partial charge >= 0.3 is 0 Å². The molecule has 0 bridgehead atoms. The number of amides is 1. The van der Waals surface area contributed by atoms with E-state index in [2.05, 4.69) is 10.6 Å². The van der Waals surface area contributed by atoms with Gasteiger partial charge in [0.05, 0.1) is 0 Å². The predicted molar refractivity (Wildman–Crippen MR) is 87.6 cm³/mol. The van der Waals surface area contributed by atoms with E-state index in [0.29, 0.717) is 0 Å². The highest BCUT2D eigenvalue weighted by Gasteiger charge is 2.42. The molecule has 5 heteroatoms. The van der Waals surface area contributed by atoms with Crippen LogP contribution in [-0.4, -0.2) is 25.5 Å². The Morgan fingerprint density at radius 2 is 1.86 bits per heavy atom. The van der Waals surface area contributed by atoms with Crippen molar-refractivity contribution in [1.29, 1.82) is 0 Å². The predicted octanol–water partition coefficient (Wildman–Crippen LogP) is 2.69. The summed E-state index contributed by atoms with van der Waals surface area (Å²) in [7, 11) is 0. The Labute approximate surface area is 137 Å². The monoisotopic (exact) mass is 326 g/mol. The highest BCUT2D eigenvalue weighted by Crippen LogP contribution is 2.47. The maximum absolute atomic E-state index is 12.9. The van der Waals surface area contributed by atoms with Crippen molar-refractivity contribution in [1.82, 2.24) is 10.6 Å². The van der Waals surface area contributed by atoms with Crippen LogP contribution in [0.5, 0.6) is 0 Å². The number of carbonyl (C=O) groups is 1. The molecule has 1 aliphatic heterocycles.